The van der Waals surface area contributed by atoms with Crippen molar-refractivity contribution < 1.29 is 19.1 Å². The number of fused-ring (bicyclic) bond motifs is 1. The predicted molar refractivity (Wildman–Crippen MR) is 128 cm³/mol. The molecular weight excluding hydrogens is 435 g/mol. The average Bonchev–Trinajstić information content (AvgIpc) is 3.30. The molecule has 0 saturated carbocycles. The van der Waals surface area contributed by atoms with E-state index in [0.29, 0.717) is 35.6 Å². The van der Waals surface area contributed by atoms with Gasteiger partial charge in [0, 0.05) is 12.7 Å². The summed E-state index contributed by atoms with van der Waals surface area (Å²) in [6, 6.07) is 10.3. The van der Waals surface area contributed by atoms with Crippen LogP contribution in [0, 0.1) is 12.7 Å². The van der Waals surface area contributed by atoms with Gasteiger partial charge in [0.05, 0.1) is 17.3 Å². The van der Waals surface area contributed by atoms with Crippen molar-refractivity contribution in [1.82, 2.24) is 19.2 Å². The number of imidazole rings is 1. The van der Waals surface area contributed by atoms with E-state index in [-0.39, 0.29) is 11.3 Å². The van der Waals surface area contributed by atoms with Crippen LogP contribution in [0.1, 0.15) is 43.3 Å². The molecule has 178 valence electrons. The fraction of sp³-hybridized carbons (Fsp3) is 0.346. The third-order valence-electron chi connectivity index (χ3n) is 6.42. The Hall–Kier alpha value is -3.52. The second-order valence-electron chi connectivity index (χ2n) is 8.40. The quantitative estimate of drug-likeness (QED) is 0.310. The Morgan fingerprint density at radius 3 is 2.50 bits per heavy atom. The summed E-state index contributed by atoms with van der Waals surface area (Å²) in [6.45, 7) is 8.80. The number of aromatic nitrogens is 2. The van der Waals surface area contributed by atoms with Gasteiger partial charge in [-0.3, -0.25) is 14.0 Å². The van der Waals surface area contributed by atoms with Crippen molar-refractivity contribution in [2.75, 3.05) is 26.2 Å². The Labute approximate surface area is 198 Å². The normalized spacial score (nSPS) is 17.9. The standard InChI is InChI=1S/C26H29FN4O3/c1-4-29(5-2)14-8-16-31-23(18-10-12-19(27)13-11-18)21(25(33)26(31)34)24(32)22-17(3)28-20-9-6-7-15-30(20)22/h6-7,9-13,15,23,32H,4-5,8,14,16H2,1-3H3/t23-/m1/s1. The first-order chi connectivity index (χ1) is 16.4. The first-order valence-electron chi connectivity index (χ1n) is 11.6. The third-order valence-corrected chi connectivity index (χ3v) is 6.42. The molecule has 0 unspecified atom stereocenters. The number of Topliss-reactive ketones (excluding diaryl/α,β-unsaturated/α-hetero) is 1. The highest BCUT2D eigenvalue weighted by Crippen LogP contribution is 2.40. The Morgan fingerprint density at radius 2 is 1.82 bits per heavy atom. The Morgan fingerprint density at radius 1 is 1.12 bits per heavy atom. The molecule has 1 N–H and O–H groups in total. The van der Waals surface area contributed by atoms with Crippen molar-refractivity contribution in [3.8, 4) is 0 Å². The summed E-state index contributed by atoms with van der Waals surface area (Å²) in [5, 5.41) is 11.4. The number of aliphatic hydroxyl groups is 1. The van der Waals surface area contributed by atoms with Crippen LogP contribution in [0.15, 0.2) is 54.2 Å². The molecule has 0 aliphatic carbocycles. The van der Waals surface area contributed by atoms with Crippen molar-refractivity contribution >= 4 is 23.1 Å². The molecule has 1 aromatic carbocycles. The molecule has 1 aliphatic rings. The van der Waals surface area contributed by atoms with Crippen molar-refractivity contribution in [1.29, 1.82) is 0 Å². The van der Waals surface area contributed by atoms with Crippen LogP contribution in [0.25, 0.3) is 11.4 Å². The summed E-state index contributed by atoms with van der Waals surface area (Å²) in [7, 11) is 0. The largest absolute Gasteiger partial charge is 0.505 e. The van der Waals surface area contributed by atoms with Crippen molar-refractivity contribution in [2.45, 2.75) is 33.2 Å². The highest BCUT2D eigenvalue weighted by atomic mass is 19.1. The number of halogens is 1. The SMILES string of the molecule is CCN(CC)CCCN1C(=O)C(=O)C(=C(O)c2c(C)nc3ccccn23)[C@H]1c1ccc(F)cc1. The van der Waals surface area contributed by atoms with Gasteiger partial charge in [0.25, 0.3) is 11.7 Å². The average molecular weight is 465 g/mol. The molecule has 3 aromatic rings. The molecular formula is C26H29FN4O3. The summed E-state index contributed by atoms with van der Waals surface area (Å²) in [5.74, 6) is -2.11. The minimum Gasteiger partial charge on any atom is -0.505 e. The van der Waals surface area contributed by atoms with E-state index >= 15 is 0 Å². The number of carbonyl (C=O) groups is 2. The Balaban J connectivity index is 1.81. The fourth-order valence-electron chi connectivity index (χ4n) is 4.63. The zero-order chi connectivity index (χ0) is 24.4. The number of aryl methyl sites for hydroxylation is 1. The monoisotopic (exact) mass is 464 g/mol. The molecule has 34 heavy (non-hydrogen) atoms. The van der Waals surface area contributed by atoms with Crippen LogP contribution in [0.3, 0.4) is 0 Å². The van der Waals surface area contributed by atoms with Crippen LogP contribution in [0.5, 0.6) is 0 Å². The van der Waals surface area contributed by atoms with E-state index in [2.05, 4.69) is 23.7 Å². The Bertz CT molecular complexity index is 1240. The first-order valence-corrected chi connectivity index (χ1v) is 11.6. The molecule has 0 radical (unpaired) electrons. The van der Waals surface area contributed by atoms with E-state index in [9.17, 15) is 19.1 Å². The van der Waals surface area contributed by atoms with Gasteiger partial charge >= 0.3 is 0 Å². The molecule has 1 saturated heterocycles. The number of benzene rings is 1. The minimum atomic E-state index is -0.814. The van der Waals surface area contributed by atoms with Gasteiger partial charge in [0.15, 0.2) is 5.76 Å². The van der Waals surface area contributed by atoms with Gasteiger partial charge in [0.1, 0.15) is 17.2 Å². The number of rotatable bonds is 8. The maximum absolute atomic E-state index is 13.7. The molecule has 0 bridgehead atoms. The van der Waals surface area contributed by atoms with Crippen molar-refractivity contribution in [2.24, 2.45) is 0 Å². The lowest BCUT2D eigenvalue weighted by atomic mass is 9.96. The first kappa shape index (κ1) is 23.6. The van der Waals surface area contributed by atoms with Gasteiger partial charge in [-0.25, -0.2) is 9.37 Å². The van der Waals surface area contributed by atoms with Crippen LogP contribution in [0.2, 0.25) is 0 Å². The lowest BCUT2D eigenvalue weighted by molar-refractivity contribution is -0.140. The van der Waals surface area contributed by atoms with Gasteiger partial charge in [-0.2, -0.15) is 0 Å². The lowest BCUT2D eigenvalue weighted by Crippen LogP contribution is -2.33. The number of ketones is 1. The summed E-state index contributed by atoms with van der Waals surface area (Å²) in [4.78, 5) is 34.6. The smallest absolute Gasteiger partial charge is 0.295 e. The van der Waals surface area contributed by atoms with Gasteiger partial charge in [0.2, 0.25) is 0 Å². The molecule has 1 amide bonds. The molecule has 0 spiro atoms. The molecule has 7 nitrogen and oxygen atoms in total. The molecule has 1 fully saturated rings. The zero-order valence-corrected chi connectivity index (χ0v) is 19.7. The highest BCUT2D eigenvalue weighted by molar-refractivity contribution is 6.46. The molecule has 2 aromatic heterocycles. The number of aliphatic hydroxyl groups excluding tert-OH is 1. The van der Waals surface area contributed by atoms with E-state index in [1.165, 1.54) is 17.0 Å². The van der Waals surface area contributed by atoms with Crippen LogP contribution in [-0.4, -0.2) is 62.2 Å². The zero-order valence-electron chi connectivity index (χ0n) is 19.7. The third kappa shape index (κ3) is 4.21. The highest BCUT2D eigenvalue weighted by Gasteiger charge is 2.46. The van der Waals surface area contributed by atoms with Crippen molar-refractivity contribution in [3.05, 3.63) is 77.0 Å². The van der Waals surface area contributed by atoms with E-state index in [0.717, 1.165) is 19.6 Å². The van der Waals surface area contributed by atoms with E-state index < -0.39 is 23.5 Å². The van der Waals surface area contributed by atoms with Gasteiger partial charge in [-0.15, -0.1) is 0 Å². The van der Waals surface area contributed by atoms with Gasteiger partial charge in [-0.1, -0.05) is 32.0 Å². The van der Waals surface area contributed by atoms with Crippen LogP contribution in [-0.2, 0) is 9.59 Å². The summed E-state index contributed by atoms with van der Waals surface area (Å²) < 4.78 is 15.4. The van der Waals surface area contributed by atoms with E-state index in [1.807, 2.05) is 6.07 Å². The van der Waals surface area contributed by atoms with Crippen LogP contribution < -0.4 is 0 Å². The number of hydrogen-bond acceptors (Lipinski definition) is 5. The molecule has 8 heteroatoms. The number of nitrogens with zero attached hydrogens (tertiary/aromatic N) is 4. The summed E-state index contributed by atoms with van der Waals surface area (Å²) in [5.41, 5.74) is 2.08. The Kier molecular flexibility index (Phi) is 6.79. The number of pyridine rings is 1. The van der Waals surface area contributed by atoms with Crippen LogP contribution in [0.4, 0.5) is 4.39 Å². The molecule has 1 atom stereocenters. The maximum Gasteiger partial charge on any atom is 0.295 e. The lowest BCUT2D eigenvalue weighted by Gasteiger charge is -2.26. The molecule has 1 aliphatic heterocycles. The van der Waals surface area contributed by atoms with Crippen LogP contribution >= 0.6 is 0 Å². The predicted octanol–water partition coefficient (Wildman–Crippen LogP) is 3.94. The van der Waals surface area contributed by atoms with Gasteiger partial charge in [-0.05, 0) is 62.8 Å². The summed E-state index contributed by atoms with van der Waals surface area (Å²) in [6.07, 6.45) is 2.42. The van der Waals surface area contributed by atoms with E-state index in [4.69, 9.17) is 0 Å². The second kappa shape index (κ2) is 9.77. The topological polar surface area (TPSA) is 78.2 Å². The second-order valence-corrected chi connectivity index (χ2v) is 8.40. The number of hydrogen-bond donors (Lipinski definition) is 1. The number of amides is 1. The number of carbonyl (C=O) groups excluding carboxylic acids is 2. The van der Waals surface area contributed by atoms with E-state index in [1.54, 1.807) is 41.8 Å². The molecule has 4 rings (SSSR count). The maximum atomic E-state index is 13.7. The van der Waals surface area contributed by atoms with Crippen molar-refractivity contribution in [3.63, 3.8) is 0 Å². The number of likely N-dealkylation sites (tertiary alicyclic amines) is 1. The summed E-state index contributed by atoms with van der Waals surface area (Å²) >= 11 is 0. The fourth-order valence-corrected chi connectivity index (χ4v) is 4.63. The van der Waals surface area contributed by atoms with Gasteiger partial charge < -0.3 is 14.9 Å². The minimum absolute atomic E-state index is 0.00630. The molecule has 3 heterocycles.